The fourth-order valence-electron chi connectivity index (χ4n) is 3.79. The molecule has 1 nitrogen and oxygen atoms in total. The SMILES string of the molecule is CCCCCCCCCCC(CCCCCCCCC)Oc1ccccc1. The maximum Gasteiger partial charge on any atom is 0.119 e. The van der Waals surface area contributed by atoms with Gasteiger partial charge in [-0.3, -0.25) is 0 Å². The minimum absolute atomic E-state index is 0.406. The molecule has 1 aromatic carbocycles. The van der Waals surface area contributed by atoms with E-state index in [1.165, 1.54) is 109 Å². The monoisotopic (exact) mass is 374 g/mol. The molecule has 0 aromatic heterocycles. The van der Waals surface area contributed by atoms with E-state index >= 15 is 0 Å². The number of unbranched alkanes of at least 4 members (excludes halogenated alkanes) is 13. The van der Waals surface area contributed by atoms with Crippen molar-refractivity contribution in [3.63, 3.8) is 0 Å². The summed E-state index contributed by atoms with van der Waals surface area (Å²) in [5.41, 5.74) is 0. The standard InChI is InChI=1S/C26H46O/c1-3-5-7-9-11-13-15-18-22-25(27-26-23-19-16-20-24-26)21-17-14-12-10-8-6-4-2/h16,19-20,23-25H,3-15,17-18,21-22H2,1-2H3. The lowest BCUT2D eigenvalue weighted by Crippen LogP contribution is -2.16. The van der Waals surface area contributed by atoms with Crippen LogP contribution in [-0.2, 0) is 0 Å². The van der Waals surface area contributed by atoms with E-state index < -0.39 is 0 Å². The van der Waals surface area contributed by atoms with Crippen molar-refractivity contribution < 1.29 is 4.74 Å². The Balaban J connectivity index is 2.19. The van der Waals surface area contributed by atoms with Crippen LogP contribution >= 0.6 is 0 Å². The number of ether oxygens (including phenoxy) is 1. The van der Waals surface area contributed by atoms with Crippen molar-refractivity contribution in [3.8, 4) is 5.75 Å². The lowest BCUT2D eigenvalue weighted by atomic mass is 10.0. The van der Waals surface area contributed by atoms with E-state index in [9.17, 15) is 0 Å². The molecule has 0 aliphatic heterocycles. The summed E-state index contributed by atoms with van der Waals surface area (Å²) in [6.45, 7) is 4.58. The molecule has 1 atom stereocenters. The first-order chi connectivity index (χ1) is 13.4. The minimum Gasteiger partial charge on any atom is -0.490 e. The highest BCUT2D eigenvalue weighted by Crippen LogP contribution is 2.20. The van der Waals surface area contributed by atoms with Gasteiger partial charge in [-0.25, -0.2) is 0 Å². The van der Waals surface area contributed by atoms with Crippen LogP contribution in [0.2, 0.25) is 0 Å². The van der Waals surface area contributed by atoms with Crippen LogP contribution < -0.4 is 4.74 Å². The van der Waals surface area contributed by atoms with Gasteiger partial charge in [-0.2, -0.15) is 0 Å². The lowest BCUT2D eigenvalue weighted by Gasteiger charge is -2.19. The van der Waals surface area contributed by atoms with Crippen LogP contribution in [0.5, 0.6) is 5.75 Å². The molecule has 0 aliphatic rings. The van der Waals surface area contributed by atoms with Gasteiger partial charge in [0.25, 0.3) is 0 Å². The fraction of sp³-hybridized carbons (Fsp3) is 0.769. The first kappa shape index (κ1) is 24.1. The first-order valence-corrected chi connectivity index (χ1v) is 12.1. The second-order valence-electron chi connectivity index (χ2n) is 8.23. The number of rotatable bonds is 19. The van der Waals surface area contributed by atoms with E-state index in [0.29, 0.717) is 6.10 Å². The molecular weight excluding hydrogens is 328 g/mol. The van der Waals surface area contributed by atoms with Crippen molar-refractivity contribution in [2.24, 2.45) is 0 Å². The van der Waals surface area contributed by atoms with Crippen LogP contribution in [0.4, 0.5) is 0 Å². The zero-order valence-corrected chi connectivity index (χ0v) is 18.4. The third-order valence-electron chi connectivity index (χ3n) is 5.56. The second kappa shape index (κ2) is 18.4. The Morgan fingerprint density at radius 3 is 1.41 bits per heavy atom. The van der Waals surface area contributed by atoms with Crippen LogP contribution in [0.25, 0.3) is 0 Å². The molecule has 1 unspecified atom stereocenters. The molecule has 0 saturated heterocycles. The Labute approximate surface area is 170 Å². The fourth-order valence-corrected chi connectivity index (χ4v) is 3.79. The van der Waals surface area contributed by atoms with E-state index in [-0.39, 0.29) is 0 Å². The van der Waals surface area contributed by atoms with Gasteiger partial charge in [0.15, 0.2) is 0 Å². The summed E-state index contributed by atoms with van der Waals surface area (Å²) >= 11 is 0. The van der Waals surface area contributed by atoms with Crippen molar-refractivity contribution in [2.75, 3.05) is 0 Å². The summed E-state index contributed by atoms with van der Waals surface area (Å²) in [5, 5.41) is 0. The molecule has 0 amide bonds. The van der Waals surface area contributed by atoms with Gasteiger partial charge < -0.3 is 4.74 Å². The van der Waals surface area contributed by atoms with Crippen molar-refractivity contribution in [3.05, 3.63) is 30.3 Å². The highest BCUT2D eigenvalue weighted by Gasteiger charge is 2.10. The Hall–Kier alpha value is -0.980. The molecule has 0 fully saturated rings. The van der Waals surface area contributed by atoms with Crippen molar-refractivity contribution >= 4 is 0 Å². The Bertz CT molecular complexity index is 400. The molecule has 0 aliphatic carbocycles. The number of benzene rings is 1. The normalized spacial score (nSPS) is 12.2. The largest absolute Gasteiger partial charge is 0.490 e. The highest BCUT2D eigenvalue weighted by molar-refractivity contribution is 5.21. The van der Waals surface area contributed by atoms with E-state index in [2.05, 4.69) is 44.2 Å². The summed E-state index contributed by atoms with van der Waals surface area (Å²) in [4.78, 5) is 0. The lowest BCUT2D eigenvalue weighted by molar-refractivity contribution is 0.172. The van der Waals surface area contributed by atoms with Gasteiger partial charge in [-0.15, -0.1) is 0 Å². The van der Waals surface area contributed by atoms with Gasteiger partial charge in [0, 0.05) is 0 Å². The molecule has 156 valence electrons. The van der Waals surface area contributed by atoms with Crippen LogP contribution in [0.3, 0.4) is 0 Å². The quantitative estimate of drug-likeness (QED) is 0.219. The summed E-state index contributed by atoms with van der Waals surface area (Å²) in [5.74, 6) is 1.05. The molecule has 0 radical (unpaired) electrons. The topological polar surface area (TPSA) is 9.23 Å². The molecule has 0 saturated carbocycles. The zero-order chi connectivity index (χ0) is 19.4. The molecule has 1 aromatic rings. The highest BCUT2D eigenvalue weighted by atomic mass is 16.5. The van der Waals surface area contributed by atoms with E-state index in [0.717, 1.165) is 5.75 Å². The maximum absolute atomic E-state index is 6.32. The van der Waals surface area contributed by atoms with Gasteiger partial charge in [-0.1, -0.05) is 116 Å². The van der Waals surface area contributed by atoms with Gasteiger partial charge in [0.2, 0.25) is 0 Å². The minimum atomic E-state index is 0.406. The van der Waals surface area contributed by atoms with Crippen LogP contribution in [0, 0.1) is 0 Å². The van der Waals surface area contributed by atoms with E-state index in [1.54, 1.807) is 0 Å². The second-order valence-corrected chi connectivity index (χ2v) is 8.23. The predicted molar refractivity (Wildman–Crippen MR) is 121 cm³/mol. The number of para-hydroxylation sites is 1. The van der Waals surface area contributed by atoms with Gasteiger partial charge in [0.1, 0.15) is 5.75 Å². The summed E-state index contributed by atoms with van der Waals surface area (Å²) < 4.78 is 6.32. The molecule has 0 bridgehead atoms. The zero-order valence-electron chi connectivity index (χ0n) is 18.4. The Kier molecular flexibility index (Phi) is 16.4. The first-order valence-electron chi connectivity index (χ1n) is 12.1. The molecule has 0 N–H and O–H groups in total. The van der Waals surface area contributed by atoms with Crippen molar-refractivity contribution in [2.45, 2.75) is 129 Å². The van der Waals surface area contributed by atoms with Gasteiger partial charge in [-0.05, 0) is 37.8 Å². The van der Waals surface area contributed by atoms with Gasteiger partial charge >= 0.3 is 0 Å². The molecule has 27 heavy (non-hydrogen) atoms. The predicted octanol–water partition coefficient (Wildman–Crippen LogP) is 9.11. The molecule has 1 rings (SSSR count). The van der Waals surface area contributed by atoms with E-state index in [1.807, 2.05) is 0 Å². The summed E-state index contributed by atoms with van der Waals surface area (Å²) in [6, 6.07) is 10.4. The summed E-state index contributed by atoms with van der Waals surface area (Å²) in [7, 11) is 0. The average molecular weight is 375 g/mol. The number of hydrogen-bond acceptors (Lipinski definition) is 1. The Morgan fingerprint density at radius 1 is 0.556 bits per heavy atom. The average Bonchev–Trinajstić information content (AvgIpc) is 2.69. The van der Waals surface area contributed by atoms with Crippen molar-refractivity contribution in [1.82, 2.24) is 0 Å². The number of hydrogen-bond donors (Lipinski definition) is 0. The summed E-state index contributed by atoms with van der Waals surface area (Å²) in [6.07, 6.45) is 23.6. The third-order valence-corrected chi connectivity index (χ3v) is 5.56. The third kappa shape index (κ3) is 14.7. The van der Waals surface area contributed by atoms with Crippen LogP contribution in [0.1, 0.15) is 123 Å². The van der Waals surface area contributed by atoms with Crippen LogP contribution in [0.15, 0.2) is 30.3 Å². The van der Waals surface area contributed by atoms with E-state index in [4.69, 9.17) is 4.74 Å². The Morgan fingerprint density at radius 2 is 0.963 bits per heavy atom. The molecule has 0 spiro atoms. The van der Waals surface area contributed by atoms with Gasteiger partial charge in [0.05, 0.1) is 6.10 Å². The molecular formula is C26H46O. The maximum atomic E-state index is 6.32. The van der Waals surface area contributed by atoms with Crippen molar-refractivity contribution in [1.29, 1.82) is 0 Å². The van der Waals surface area contributed by atoms with Crippen LogP contribution in [-0.4, -0.2) is 6.10 Å². The molecule has 0 heterocycles. The molecule has 1 heteroatoms. The smallest absolute Gasteiger partial charge is 0.119 e.